The van der Waals surface area contributed by atoms with Crippen LogP contribution in [0.4, 0.5) is 5.69 Å². The first-order valence-corrected chi connectivity index (χ1v) is 12.4. The molecule has 9 nitrogen and oxygen atoms in total. The van der Waals surface area contributed by atoms with Gasteiger partial charge >= 0.3 is 5.69 Å². The summed E-state index contributed by atoms with van der Waals surface area (Å²) in [6, 6.07) is 9.62. The van der Waals surface area contributed by atoms with Crippen molar-refractivity contribution in [2.75, 3.05) is 5.32 Å². The molecule has 2 N–H and O–H groups in total. The van der Waals surface area contributed by atoms with Crippen molar-refractivity contribution in [2.45, 2.75) is 71.9 Å². The van der Waals surface area contributed by atoms with Gasteiger partial charge in [0.15, 0.2) is 11.2 Å². The molecule has 0 bridgehead atoms. The number of rotatable bonds is 11. The van der Waals surface area contributed by atoms with Crippen molar-refractivity contribution in [3.8, 4) is 0 Å². The number of benzene rings is 1. The van der Waals surface area contributed by atoms with E-state index in [-0.39, 0.29) is 12.3 Å². The summed E-state index contributed by atoms with van der Waals surface area (Å²) in [7, 11) is 0. The molecule has 35 heavy (non-hydrogen) atoms. The van der Waals surface area contributed by atoms with Crippen LogP contribution in [0.25, 0.3) is 22.1 Å². The van der Waals surface area contributed by atoms with Crippen LogP contribution in [0.1, 0.15) is 58.2 Å². The van der Waals surface area contributed by atoms with Gasteiger partial charge in [-0.15, -0.1) is 0 Å². The highest BCUT2D eigenvalue weighted by atomic mass is 16.2. The number of unbranched alkanes of at least 4 members (excludes halogenated alkanes) is 3. The molecule has 4 rings (SSSR count). The van der Waals surface area contributed by atoms with Crippen molar-refractivity contribution in [3.05, 3.63) is 63.2 Å². The van der Waals surface area contributed by atoms with Gasteiger partial charge in [0.25, 0.3) is 5.56 Å². The van der Waals surface area contributed by atoms with Gasteiger partial charge in [0, 0.05) is 31.3 Å². The van der Waals surface area contributed by atoms with Gasteiger partial charge in [-0.2, -0.15) is 0 Å². The highest BCUT2D eigenvalue weighted by Crippen LogP contribution is 2.18. The molecule has 3 aromatic heterocycles. The molecule has 3 heterocycles. The molecule has 0 aliphatic carbocycles. The minimum Gasteiger partial charge on any atom is -0.325 e. The van der Waals surface area contributed by atoms with Gasteiger partial charge in [-0.1, -0.05) is 51.3 Å². The van der Waals surface area contributed by atoms with Gasteiger partial charge in [0.2, 0.25) is 5.91 Å². The number of pyridine rings is 1. The molecule has 0 spiro atoms. The second-order valence-electron chi connectivity index (χ2n) is 8.79. The zero-order chi connectivity index (χ0) is 24.8. The van der Waals surface area contributed by atoms with E-state index in [1.165, 1.54) is 0 Å². The van der Waals surface area contributed by atoms with Crippen LogP contribution in [0, 0.1) is 0 Å². The van der Waals surface area contributed by atoms with E-state index >= 15 is 0 Å². The summed E-state index contributed by atoms with van der Waals surface area (Å²) in [6.45, 7) is 5.27. The highest BCUT2D eigenvalue weighted by molar-refractivity contribution is 5.93. The molecule has 4 aromatic rings. The summed E-state index contributed by atoms with van der Waals surface area (Å²) in [5, 5.41) is 3.86. The van der Waals surface area contributed by atoms with E-state index in [4.69, 9.17) is 4.98 Å². The van der Waals surface area contributed by atoms with Crippen LogP contribution in [-0.2, 0) is 24.3 Å². The number of carbonyl (C=O) groups is 1. The number of aromatic amines is 1. The number of nitrogens with zero attached hydrogens (tertiary/aromatic N) is 4. The molecule has 0 saturated heterocycles. The van der Waals surface area contributed by atoms with Gasteiger partial charge in [0.1, 0.15) is 5.82 Å². The molecule has 0 aliphatic rings. The van der Waals surface area contributed by atoms with Crippen LogP contribution in [-0.4, -0.2) is 30.0 Å². The predicted octanol–water partition coefficient (Wildman–Crippen LogP) is 4.00. The maximum atomic E-state index is 12.8. The maximum Gasteiger partial charge on any atom is 0.330 e. The molecule has 0 fully saturated rings. The normalized spacial score (nSPS) is 11.4. The standard InChI is InChI=1S/C26H32N6O3/c1-3-5-9-15-31-21(29-24-23(31)25(34)30-26(35)32(24)14-6-4-2)12-13-22(33)28-19-16-18-10-7-8-11-20(18)27-17-19/h7-8,10-11,16-17H,3-6,9,12-15H2,1-2H3,(H,28,33)(H,30,34,35). The number of hydrogen-bond donors (Lipinski definition) is 2. The lowest BCUT2D eigenvalue weighted by Gasteiger charge is -2.09. The van der Waals surface area contributed by atoms with Gasteiger partial charge in [-0.3, -0.25) is 24.1 Å². The number of fused-ring (bicyclic) bond motifs is 2. The molecule has 0 unspecified atom stereocenters. The van der Waals surface area contributed by atoms with Crippen molar-refractivity contribution < 1.29 is 4.79 Å². The largest absolute Gasteiger partial charge is 0.330 e. The fourth-order valence-electron chi connectivity index (χ4n) is 4.28. The molecule has 1 aromatic carbocycles. The summed E-state index contributed by atoms with van der Waals surface area (Å²) in [5.41, 5.74) is 1.44. The first-order valence-electron chi connectivity index (χ1n) is 12.4. The number of H-pyrrole nitrogens is 1. The average molecular weight is 477 g/mol. The summed E-state index contributed by atoms with van der Waals surface area (Å²) in [6.07, 6.45) is 6.87. The fourth-order valence-corrected chi connectivity index (χ4v) is 4.28. The summed E-state index contributed by atoms with van der Waals surface area (Å²) in [5.74, 6) is 0.482. The van der Waals surface area contributed by atoms with Crippen molar-refractivity contribution in [1.82, 2.24) is 24.1 Å². The van der Waals surface area contributed by atoms with Crippen molar-refractivity contribution in [1.29, 1.82) is 0 Å². The SMILES string of the molecule is CCCCCn1c(CCC(=O)Nc2cnc3ccccc3c2)nc2c1c(=O)[nH]c(=O)n2CCCC. The van der Waals surface area contributed by atoms with Crippen LogP contribution < -0.4 is 16.6 Å². The van der Waals surface area contributed by atoms with Gasteiger partial charge in [0.05, 0.1) is 17.4 Å². The Morgan fingerprint density at radius 2 is 1.80 bits per heavy atom. The number of aryl methyl sites for hydroxylation is 3. The fraction of sp³-hybridized carbons (Fsp3) is 0.423. The Hall–Kier alpha value is -3.75. The second-order valence-corrected chi connectivity index (χ2v) is 8.79. The highest BCUT2D eigenvalue weighted by Gasteiger charge is 2.19. The van der Waals surface area contributed by atoms with E-state index in [2.05, 4.69) is 22.2 Å². The van der Waals surface area contributed by atoms with E-state index in [9.17, 15) is 14.4 Å². The third kappa shape index (κ3) is 5.50. The van der Waals surface area contributed by atoms with Crippen LogP contribution in [0.15, 0.2) is 46.1 Å². The van der Waals surface area contributed by atoms with Gasteiger partial charge < -0.3 is 9.88 Å². The minimum absolute atomic E-state index is 0.161. The minimum atomic E-state index is -0.442. The van der Waals surface area contributed by atoms with Crippen LogP contribution in [0.3, 0.4) is 0 Å². The maximum absolute atomic E-state index is 12.8. The average Bonchev–Trinajstić information content (AvgIpc) is 3.21. The Balaban J connectivity index is 1.59. The van der Waals surface area contributed by atoms with E-state index < -0.39 is 11.2 Å². The Bertz CT molecular complexity index is 1450. The lowest BCUT2D eigenvalue weighted by Crippen LogP contribution is -2.31. The molecular formula is C26H32N6O3. The number of para-hydroxylation sites is 1. The van der Waals surface area contributed by atoms with Crippen molar-refractivity contribution in [2.24, 2.45) is 0 Å². The van der Waals surface area contributed by atoms with Crippen molar-refractivity contribution in [3.63, 3.8) is 0 Å². The van der Waals surface area contributed by atoms with Gasteiger partial charge in [-0.05, 0) is 25.0 Å². The van der Waals surface area contributed by atoms with E-state index in [1.54, 1.807) is 10.8 Å². The van der Waals surface area contributed by atoms with E-state index in [0.29, 0.717) is 42.2 Å². The number of imidazole rings is 1. The Morgan fingerprint density at radius 1 is 1.03 bits per heavy atom. The molecule has 0 aliphatic heterocycles. The quantitative estimate of drug-likeness (QED) is 0.318. The number of amides is 1. The van der Waals surface area contributed by atoms with Gasteiger partial charge in [-0.25, -0.2) is 9.78 Å². The van der Waals surface area contributed by atoms with Crippen molar-refractivity contribution >= 4 is 33.7 Å². The van der Waals surface area contributed by atoms with E-state index in [0.717, 1.165) is 43.0 Å². The smallest absolute Gasteiger partial charge is 0.325 e. The lowest BCUT2D eigenvalue weighted by molar-refractivity contribution is -0.116. The van der Waals surface area contributed by atoms with E-state index in [1.807, 2.05) is 41.8 Å². The second kappa shape index (κ2) is 11.1. The molecule has 0 atom stereocenters. The predicted molar refractivity (Wildman–Crippen MR) is 138 cm³/mol. The Kier molecular flexibility index (Phi) is 7.74. The third-order valence-electron chi connectivity index (χ3n) is 6.14. The lowest BCUT2D eigenvalue weighted by atomic mass is 10.2. The Labute approximate surface area is 203 Å². The first kappa shape index (κ1) is 24.4. The molecule has 0 saturated carbocycles. The van der Waals surface area contributed by atoms with Crippen LogP contribution >= 0.6 is 0 Å². The third-order valence-corrected chi connectivity index (χ3v) is 6.14. The monoisotopic (exact) mass is 476 g/mol. The van der Waals surface area contributed by atoms with Crippen LogP contribution in [0.2, 0.25) is 0 Å². The number of carbonyl (C=O) groups excluding carboxylic acids is 1. The summed E-state index contributed by atoms with van der Waals surface area (Å²) >= 11 is 0. The zero-order valence-corrected chi connectivity index (χ0v) is 20.3. The number of aromatic nitrogens is 5. The molecule has 9 heteroatoms. The number of anilines is 1. The van der Waals surface area contributed by atoms with Crippen LogP contribution in [0.5, 0.6) is 0 Å². The summed E-state index contributed by atoms with van der Waals surface area (Å²) in [4.78, 5) is 49.5. The number of nitrogens with one attached hydrogen (secondary N) is 2. The number of hydrogen-bond acceptors (Lipinski definition) is 5. The Morgan fingerprint density at radius 3 is 2.60 bits per heavy atom. The molecule has 184 valence electrons. The molecular weight excluding hydrogens is 444 g/mol. The molecule has 1 amide bonds. The first-order chi connectivity index (χ1) is 17.0. The zero-order valence-electron chi connectivity index (χ0n) is 20.3. The topological polar surface area (TPSA) is 115 Å². The molecule has 0 radical (unpaired) electrons. The summed E-state index contributed by atoms with van der Waals surface area (Å²) < 4.78 is 3.43.